The van der Waals surface area contributed by atoms with Gasteiger partial charge in [0.2, 0.25) is 5.91 Å². The second kappa shape index (κ2) is 7.72. The van der Waals surface area contributed by atoms with E-state index in [1.807, 2.05) is 18.2 Å². The molecule has 1 atom stereocenters. The lowest BCUT2D eigenvalue weighted by molar-refractivity contribution is -0.142. The van der Waals surface area contributed by atoms with Gasteiger partial charge in [-0.25, -0.2) is 4.79 Å². The average molecular weight is 386 g/mol. The third kappa shape index (κ3) is 4.50. The molecule has 0 bridgehead atoms. The lowest BCUT2D eigenvalue weighted by Gasteiger charge is -2.13. The number of carbonyl (C=O) groups is 2. The van der Waals surface area contributed by atoms with Crippen molar-refractivity contribution >= 4 is 23.6 Å². The van der Waals surface area contributed by atoms with E-state index in [2.05, 4.69) is 32.2 Å². The number of hydrogen-bond acceptors (Lipinski definition) is 5. The largest absolute Gasteiger partial charge is 0.480 e. The van der Waals surface area contributed by atoms with Crippen LogP contribution in [0, 0.1) is 5.92 Å². The zero-order valence-corrected chi connectivity index (χ0v) is 15.7. The number of nitrogens with zero attached hydrogens (tertiary/aromatic N) is 3. The summed E-state index contributed by atoms with van der Waals surface area (Å²) < 4.78 is 2.08. The molecule has 27 heavy (non-hydrogen) atoms. The van der Waals surface area contributed by atoms with Gasteiger partial charge in [-0.05, 0) is 37.2 Å². The number of carboxylic acids is 1. The molecule has 2 fully saturated rings. The topological polar surface area (TPSA) is 97.1 Å². The Hall–Kier alpha value is -2.35. The van der Waals surface area contributed by atoms with Crippen LogP contribution in [0.15, 0.2) is 35.5 Å². The zero-order valence-electron chi connectivity index (χ0n) is 14.9. The Morgan fingerprint density at radius 3 is 2.56 bits per heavy atom. The van der Waals surface area contributed by atoms with Crippen LogP contribution in [0.2, 0.25) is 0 Å². The van der Waals surface area contributed by atoms with Crippen molar-refractivity contribution < 1.29 is 14.7 Å². The number of amides is 1. The monoisotopic (exact) mass is 386 g/mol. The van der Waals surface area contributed by atoms with Crippen LogP contribution >= 0.6 is 11.8 Å². The van der Waals surface area contributed by atoms with Gasteiger partial charge in [-0.2, -0.15) is 0 Å². The fraction of sp³-hybridized carbons (Fsp3) is 0.474. The normalized spacial score (nSPS) is 17.5. The summed E-state index contributed by atoms with van der Waals surface area (Å²) in [5.41, 5.74) is 1.16. The minimum atomic E-state index is -0.959. The van der Waals surface area contributed by atoms with Crippen LogP contribution in [0.1, 0.15) is 43.0 Å². The van der Waals surface area contributed by atoms with Gasteiger partial charge in [0.15, 0.2) is 5.16 Å². The number of carbonyl (C=O) groups excluding carboxylic acids is 1. The van der Waals surface area contributed by atoms with E-state index >= 15 is 0 Å². The minimum absolute atomic E-state index is 0.0691. The lowest BCUT2D eigenvalue weighted by Crippen LogP contribution is -2.43. The van der Waals surface area contributed by atoms with Gasteiger partial charge in [0.05, 0.1) is 12.3 Å². The Balaban J connectivity index is 1.42. The van der Waals surface area contributed by atoms with E-state index in [9.17, 15) is 14.7 Å². The summed E-state index contributed by atoms with van der Waals surface area (Å²) in [7, 11) is 0. The van der Waals surface area contributed by atoms with Gasteiger partial charge in [0.25, 0.3) is 0 Å². The summed E-state index contributed by atoms with van der Waals surface area (Å²) >= 11 is 1.31. The van der Waals surface area contributed by atoms with Crippen LogP contribution in [-0.2, 0) is 16.1 Å². The van der Waals surface area contributed by atoms with Crippen LogP contribution < -0.4 is 5.32 Å². The Labute approximate surface area is 161 Å². The van der Waals surface area contributed by atoms with Crippen molar-refractivity contribution in [1.29, 1.82) is 0 Å². The molecular weight excluding hydrogens is 364 g/mol. The van der Waals surface area contributed by atoms with Gasteiger partial charge in [-0.3, -0.25) is 4.79 Å². The predicted molar refractivity (Wildman–Crippen MR) is 101 cm³/mol. The molecule has 8 heteroatoms. The highest BCUT2D eigenvalue weighted by Crippen LogP contribution is 2.40. The van der Waals surface area contributed by atoms with Crippen LogP contribution in [0.5, 0.6) is 0 Å². The molecule has 142 valence electrons. The third-order valence-electron chi connectivity index (χ3n) is 4.88. The van der Waals surface area contributed by atoms with E-state index in [4.69, 9.17) is 0 Å². The Bertz CT molecular complexity index is 831. The maximum Gasteiger partial charge on any atom is 0.326 e. The molecule has 1 amide bonds. The molecule has 2 N–H and O–H groups in total. The predicted octanol–water partition coefficient (Wildman–Crippen LogP) is 2.28. The van der Waals surface area contributed by atoms with Gasteiger partial charge < -0.3 is 15.0 Å². The Morgan fingerprint density at radius 2 is 1.93 bits per heavy atom. The molecule has 7 nitrogen and oxygen atoms in total. The zero-order chi connectivity index (χ0) is 18.8. The van der Waals surface area contributed by atoms with E-state index < -0.39 is 12.0 Å². The molecule has 2 aliphatic rings. The molecule has 2 aromatic rings. The highest BCUT2D eigenvalue weighted by Gasteiger charge is 2.37. The molecular formula is C19H22N4O3S. The first-order chi connectivity index (χ1) is 13.1. The van der Waals surface area contributed by atoms with Gasteiger partial charge in [-0.15, -0.1) is 10.2 Å². The molecule has 1 unspecified atom stereocenters. The van der Waals surface area contributed by atoms with Crippen LogP contribution in [0.3, 0.4) is 0 Å². The SMILES string of the molecule is O=C(CSc1nnc(C2CC2)n1Cc1ccccc1)NC(C(=O)O)C1CC1. The first-order valence-corrected chi connectivity index (χ1v) is 10.2. The van der Waals surface area contributed by atoms with Gasteiger partial charge in [0, 0.05) is 5.92 Å². The summed E-state index contributed by atoms with van der Waals surface area (Å²) in [4.78, 5) is 23.5. The van der Waals surface area contributed by atoms with Gasteiger partial charge in [-0.1, -0.05) is 42.1 Å². The molecule has 0 saturated heterocycles. The Morgan fingerprint density at radius 1 is 1.19 bits per heavy atom. The summed E-state index contributed by atoms with van der Waals surface area (Å²) in [6.07, 6.45) is 3.97. The van der Waals surface area contributed by atoms with Crippen molar-refractivity contribution in [3.63, 3.8) is 0 Å². The van der Waals surface area contributed by atoms with Crippen molar-refractivity contribution in [3.05, 3.63) is 41.7 Å². The summed E-state index contributed by atoms with van der Waals surface area (Å²) in [5.74, 6) is 0.396. The standard InChI is InChI=1S/C19H22N4O3S/c24-15(20-16(18(25)26)13-6-7-13)11-27-19-22-21-17(14-8-9-14)23(19)10-12-4-2-1-3-5-12/h1-5,13-14,16H,6-11H2,(H,20,24)(H,25,26). The van der Waals surface area contributed by atoms with Crippen molar-refractivity contribution in [1.82, 2.24) is 20.1 Å². The van der Waals surface area contributed by atoms with Gasteiger partial charge in [0.1, 0.15) is 11.9 Å². The van der Waals surface area contributed by atoms with Crippen molar-refractivity contribution in [2.45, 2.75) is 49.3 Å². The second-order valence-electron chi connectivity index (χ2n) is 7.20. The number of benzene rings is 1. The van der Waals surface area contributed by atoms with Crippen LogP contribution in [0.4, 0.5) is 0 Å². The molecule has 1 heterocycles. The van der Waals surface area contributed by atoms with E-state index in [1.165, 1.54) is 11.8 Å². The number of thioether (sulfide) groups is 1. The smallest absolute Gasteiger partial charge is 0.326 e. The molecule has 1 aromatic carbocycles. The van der Waals surface area contributed by atoms with Crippen molar-refractivity contribution in [2.24, 2.45) is 5.92 Å². The number of aliphatic carboxylic acids is 1. The lowest BCUT2D eigenvalue weighted by atomic mass is 10.2. The van der Waals surface area contributed by atoms with E-state index in [-0.39, 0.29) is 17.6 Å². The van der Waals surface area contributed by atoms with Crippen molar-refractivity contribution in [2.75, 3.05) is 5.75 Å². The fourth-order valence-electron chi connectivity index (χ4n) is 3.12. The fourth-order valence-corrected chi connectivity index (χ4v) is 3.88. The molecule has 0 spiro atoms. The number of rotatable bonds is 9. The summed E-state index contributed by atoms with van der Waals surface area (Å²) in [6.45, 7) is 0.670. The first kappa shape index (κ1) is 18.0. The number of aromatic nitrogens is 3. The highest BCUT2D eigenvalue weighted by atomic mass is 32.2. The summed E-state index contributed by atoms with van der Waals surface area (Å²) in [5, 5.41) is 21.2. The molecule has 4 rings (SSSR count). The van der Waals surface area contributed by atoms with E-state index in [0.29, 0.717) is 17.6 Å². The summed E-state index contributed by atoms with van der Waals surface area (Å²) in [6, 6.07) is 9.33. The highest BCUT2D eigenvalue weighted by molar-refractivity contribution is 7.99. The number of carboxylic acid groups (broad SMARTS) is 1. The average Bonchev–Trinajstić information content (AvgIpc) is 3.58. The third-order valence-corrected chi connectivity index (χ3v) is 5.85. The molecule has 1 aromatic heterocycles. The molecule has 2 saturated carbocycles. The maximum absolute atomic E-state index is 12.2. The van der Waals surface area contributed by atoms with Gasteiger partial charge >= 0.3 is 5.97 Å². The van der Waals surface area contributed by atoms with Crippen molar-refractivity contribution in [3.8, 4) is 0 Å². The minimum Gasteiger partial charge on any atom is -0.480 e. The maximum atomic E-state index is 12.2. The van der Waals surface area contributed by atoms with E-state index in [0.717, 1.165) is 37.1 Å². The molecule has 0 radical (unpaired) electrons. The van der Waals surface area contributed by atoms with Crippen LogP contribution in [-0.4, -0.2) is 43.5 Å². The molecule has 2 aliphatic carbocycles. The number of nitrogens with one attached hydrogen (secondary N) is 1. The number of hydrogen-bond donors (Lipinski definition) is 2. The Kier molecular flexibility index (Phi) is 5.15. The first-order valence-electron chi connectivity index (χ1n) is 9.24. The van der Waals surface area contributed by atoms with Crippen LogP contribution in [0.25, 0.3) is 0 Å². The quantitative estimate of drug-likeness (QED) is 0.642. The molecule has 0 aliphatic heterocycles. The second-order valence-corrected chi connectivity index (χ2v) is 8.14. The van der Waals surface area contributed by atoms with E-state index in [1.54, 1.807) is 0 Å².